The number of primary amides is 1. The quantitative estimate of drug-likeness (QED) is 0.634. The Balaban J connectivity index is 2.08. The van der Waals surface area contributed by atoms with Crippen LogP contribution >= 0.6 is 11.6 Å². The van der Waals surface area contributed by atoms with Crippen LogP contribution in [-0.2, 0) is 6.61 Å². The van der Waals surface area contributed by atoms with Crippen LogP contribution in [-0.4, -0.2) is 15.5 Å². The summed E-state index contributed by atoms with van der Waals surface area (Å²) >= 11 is 6.17. The molecule has 0 aliphatic rings. The van der Waals surface area contributed by atoms with Crippen molar-refractivity contribution in [2.24, 2.45) is 5.73 Å². The molecule has 2 aromatic carbocycles. The average molecular weight is 434 g/mol. The number of hydrogen-bond donors (Lipinski definition) is 1. The molecule has 1 heterocycles. The third-order valence-electron chi connectivity index (χ3n) is 4.33. The van der Waals surface area contributed by atoms with Crippen LogP contribution in [0.4, 0.5) is 8.78 Å². The van der Waals surface area contributed by atoms with Gasteiger partial charge in [0.1, 0.15) is 24.1 Å². The number of rotatable bonds is 6. The van der Waals surface area contributed by atoms with Crippen molar-refractivity contribution in [2.45, 2.75) is 26.5 Å². The molecule has 1 amide bonds. The highest BCUT2D eigenvalue weighted by molar-refractivity contribution is 6.31. The Labute approximate surface area is 175 Å². The van der Waals surface area contributed by atoms with Gasteiger partial charge in [0, 0.05) is 28.8 Å². The fourth-order valence-electron chi connectivity index (χ4n) is 2.87. The molecule has 3 rings (SSSR count). The Kier molecular flexibility index (Phi) is 6.17. The minimum absolute atomic E-state index is 0.0691. The van der Waals surface area contributed by atoms with Crippen LogP contribution < -0.4 is 16.0 Å². The third-order valence-corrected chi connectivity index (χ3v) is 4.65. The molecule has 6 nitrogen and oxygen atoms in total. The van der Waals surface area contributed by atoms with E-state index in [-0.39, 0.29) is 40.5 Å². The second-order valence-corrected chi connectivity index (χ2v) is 7.17. The molecule has 9 heteroatoms. The standard InChI is InChI=1S/C21H18ClF2N3O3/c1-11(2)27-19(13-5-3-4-12(8-13)18(25)28)26-20(17(22)21(27)29)30-10-14-6-7-15(23)9-16(14)24/h3-9,11H,10H2,1-2H3,(H2,25,28). The van der Waals surface area contributed by atoms with Crippen molar-refractivity contribution >= 4 is 17.5 Å². The lowest BCUT2D eigenvalue weighted by Gasteiger charge is -2.18. The van der Waals surface area contributed by atoms with Crippen molar-refractivity contribution in [3.63, 3.8) is 0 Å². The van der Waals surface area contributed by atoms with E-state index >= 15 is 0 Å². The molecule has 3 aromatic rings. The van der Waals surface area contributed by atoms with Gasteiger partial charge in [0.05, 0.1) is 0 Å². The van der Waals surface area contributed by atoms with Crippen LogP contribution in [0.15, 0.2) is 47.3 Å². The topological polar surface area (TPSA) is 87.2 Å². The van der Waals surface area contributed by atoms with Crippen molar-refractivity contribution in [3.8, 4) is 17.3 Å². The second-order valence-electron chi connectivity index (χ2n) is 6.79. The molecule has 0 aliphatic heterocycles. The van der Waals surface area contributed by atoms with E-state index in [4.69, 9.17) is 22.1 Å². The largest absolute Gasteiger partial charge is 0.471 e. The molecule has 0 aliphatic carbocycles. The van der Waals surface area contributed by atoms with E-state index in [1.54, 1.807) is 26.0 Å². The van der Waals surface area contributed by atoms with E-state index in [1.165, 1.54) is 22.8 Å². The Morgan fingerprint density at radius 1 is 1.23 bits per heavy atom. The van der Waals surface area contributed by atoms with E-state index in [0.29, 0.717) is 5.56 Å². The minimum atomic E-state index is -0.795. The van der Waals surface area contributed by atoms with Crippen molar-refractivity contribution in [2.75, 3.05) is 0 Å². The first-order chi connectivity index (χ1) is 14.2. The molecular formula is C21H18ClF2N3O3. The molecule has 0 unspecified atom stereocenters. The summed E-state index contributed by atoms with van der Waals surface area (Å²) in [5.41, 5.74) is 5.54. The van der Waals surface area contributed by atoms with Gasteiger partial charge < -0.3 is 10.5 Å². The molecule has 0 bridgehead atoms. The predicted octanol–water partition coefficient (Wildman–Crippen LogP) is 4.10. The van der Waals surface area contributed by atoms with Gasteiger partial charge >= 0.3 is 0 Å². The van der Waals surface area contributed by atoms with Crippen LogP contribution in [0.3, 0.4) is 0 Å². The summed E-state index contributed by atoms with van der Waals surface area (Å²) < 4.78 is 33.8. The molecule has 0 saturated carbocycles. The lowest BCUT2D eigenvalue weighted by atomic mass is 10.1. The van der Waals surface area contributed by atoms with Gasteiger partial charge in [-0.15, -0.1) is 0 Å². The number of amides is 1. The highest BCUT2D eigenvalue weighted by Crippen LogP contribution is 2.27. The number of halogens is 3. The molecule has 2 N–H and O–H groups in total. The number of nitrogens with two attached hydrogens (primary N) is 1. The Morgan fingerprint density at radius 3 is 2.60 bits per heavy atom. The van der Waals surface area contributed by atoms with E-state index in [0.717, 1.165) is 12.1 Å². The second kappa shape index (κ2) is 8.62. The number of carbonyl (C=O) groups excluding carboxylic acids is 1. The van der Waals surface area contributed by atoms with Gasteiger partial charge in [-0.3, -0.25) is 14.2 Å². The Hall–Kier alpha value is -3.26. The van der Waals surface area contributed by atoms with Gasteiger partial charge in [0.25, 0.3) is 5.56 Å². The summed E-state index contributed by atoms with van der Waals surface area (Å²) in [6, 6.07) is 9.04. The fraction of sp³-hybridized carbons (Fsp3) is 0.190. The minimum Gasteiger partial charge on any atom is -0.471 e. The maximum atomic E-state index is 13.9. The van der Waals surface area contributed by atoms with Gasteiger partial charge in [0.2, 0.25) is 11.8 Å². The smallest absolute Gasteiger partial charge is 0.276 e. The molecule has 1 aromatic heterocycles. The lowest BCUT2D eigenvalue weighted by Crippen LogP contribution is -2.26. The van der Waals surface area contributed by atoms with Crippen LogP contribution in [0.1, 0.15) is 35.8 Å². The molecule has 0 spiro atoms. The first-order valence-electron chi connectivity index (χ1n) is 8.98. The van der Waals surface area contributed by atoms with Crippen molar-refractivity contribution in [1.29, 1.82) is 0 Å². The van der Waals surface area contributed by atoms with Crippen LogP contribution in [0.25, 0.3) is 11.4 Å². The first-order valence-corrected chi connectivity index (χ1v) is 9.35. The summed E-state index contributed by atoms with van der Waals surface area (Å²) in [5, 5.41) is -0.277. The van der Waals surface area contributed by atoms with Crippen LogP contribution in [0, 0.1) is 11.6 Å². The Bertz CT molecular complexity index is 1180. The van der Waals surface area contributed by atoms with Gasteiger partial charge in [-0.25, -0.2) is 8.78 Å². The highest BCUT2D eigenvalue weighted by Gasteiger charge is 2.20. The highest BCUT2D eigenvalue weighted by atomic mass is 35.5. The van der Waals surface area contributed by atoms with Crippen molar-refractivity contribution in [3.05, 3.63) is 80.6 Å². The third kappa shape index (κ3) is 4.33. The van der Waals surface area contributed by atoms with E-state index in [9.17, 15) is 18.4 Å². The van der Waals surface area contributed by atoms with Crippen molar-refractivity contribution in [1.82, 2.24) is 9.55 Å². The molecule has 0 atom stereocenters. The molecule has 156 valence electrons. The van der Waals surface area contributed by atoms with E-state index < -0.39 is 23.1 Å². The Morgan fingerprint density at radius 2 is 1.97 bits per heavy atom. The van der Waals surface area contributed by atoms with E-state index in [2.05, 4.69) is 4.98 Å². The maximum absolute atomic E-state index is 13.9. The zero-order chi connectivity index (χ0) is 22.0. The zero-order valence-electron chi connectivity index (χ0n) is 16.2. The van der Waals surface area contributed by atoms with Gasteiger partial charge in [-0.2, -0.15) is 4.98 Å². The maximum Gasteiger partial charge on any atom is 0.276 e. The molecule has 0 saturated heterocycles. The fourth-order valence-corrected chi connectivity index (χ4v) is 3.06. The van der Waals surface area contributed by atoms with Gasteiger partial charge in [0.15, 0.2) is 5.02 Å². The number of ether oxygens (including phenoxy) is 1. The number of hydrogen-bond acceptors (Lipinski definition) is 4. The predicted molar refractivity (Wildman–Crippen MR) is 109 cm³/mol. The van der Waals surface area contributed by atoms with Gasteiger partial charge in [-0.05, 0) is 38.1 Å². The number of aromatic nitrogens is 2. The molecule has 0 radical (unpaired) electrons. The summed E-state index contributed by atoms with van der Waals surface area (Å²) in [6.45, 7) is 3.23. The first kappa shape index (κ1) is 21.4. The number of nitrogens with zero attached hydrogens (tertiary/aromatic N) is 2. The zero-order valence-corrected chi connectivity index (χ0v) is 16.9. The van der Waals surface area contributed by atoms with E-state index in [1.807, 2.05) is 0 Å². The summed E-state index contributed by atoms with van der Waals surface area (Å²) in [6.07, 6.45) is 0. The molecule has 30 heavy (non-hydrogen) atoms. The summed E-state index contributed by atoms with van der Waals surface area (Å²) in [5.74, 6) is -2.15. The number of carbonyl (C=O) groups is 1. The van der Waals surface area contributed by atoms with Crippen LogP contribution in [0.5, 0.6) is 5.88 Å². The molecule has 0 fully saturated rings. The summed E-state index contributed by atoms with van der Waals surface area (Å²) in [7, 11) is 0. The normalized spacial score (nSPS) is 11.0. The SMILES string of the molecule is CC(C)n1c(-c2cccc(C(N)=O)c2)nc(OCc2ccc(F)cc2F)c(Cl)c1=O. The lowest BCUT2D eigenvalue weighted by molar-refractivity contribution is 0.100. The van der Waals surface area contributed by atoms with Crippen LogP contribution in [0.2, 0.25) is 5.02 Å². The average Bonchev–Trinajstić information content (AvgIpc) is 2.69. The van der Waals surface area contributed by atoms with Crippen molar-refractivity contribution < 1.29 is 18.3 Å². The van der Waals surface area contributed by atoms with Gasteiger partial charge in [-0.1, -0.05) is 23.7 Å². The monoisotopic (exact) mass is 433 g/mol. The summed E-state index contributed by atoms with van der Waals surface area (Å²) in [4.78, 5) is 28.7. The molecular weight excluding hydrogens is 416 g/mol. The number of benzene rings is 2.